The first kappa shape index (κ1) is 19.0. The van der Waals surface area contributed by atoms with Crippen LogP contribution in [0.5, 0.6) is 11.5 Å². The molecule has 0 fully saturated rings. The van der Waals surface area contributed by atoms with Crippen LogP contribution in [0, 0.1) is 6.92 Å². The zero-order valence-electron chi connectivity index (χ0n) is 15.1. The highest BCUT2D eigenvalue weighted by molar-refractivity contribution is 7.07. The number of thiazole rings is 1. The number of ether oxygens (including phenoxy) is 3. The summed E-state index contributed by atoms with van der Waals surface area (Å²) in [5, 5.41) is 1.67. The number of carbonyl (C=O) groups is 2. The molecule has 0 saturated carbocycles. The molecular formula is C18H20N2O6S. The molecule has 27 heavy (non-hydrogen) atoms. The van der Waals surface area contributed by atoms with Gasteiger partial charge >= 0.3 is 10.8 Å². The minimum Gasteiger partial charge on any atom is -0.454 e. The Bertz CT molecular complexity index is 903. The minimum absolute atomic E-state index is 0.192. The van der Waals surface area contributed by atoms with Gasteiger partial charge < -0.3 is 19.1 Å². The van der Waals surface area contributed by atoms with E-state index in [2.05, 4.69) is 0 Å². The van der Waals surface area contributed by atoms with Crippen LogP contribution in [-0.4, -0.2) is 41.3 Å². The minimum atomic E-state index is -0.619. The number of esters is 1. The molecular weight excluding hydrogens is 372 g/mol. The summed E-state index contributed by atoms with van der Waals surface area (Å²) in [4.78, 5) is 37.3. The van der Waals surface area contributed by atoms with Gasteiger partial charge in [0.15, 0.2) is 18.1 Å². The number of aryl methyl sites for hydroxylation is 1. The lowest BCUT2D eigenvalue weighted by atomic mass is 10.2. The van der Waals surface area contributed by atoms with Gasteiger partial charge in [-0.3, -0.25) is 19.0 Å². The molecule has 0 unspecified atom stereocenters. The SMILES string of the molecule is CCN(Cc1ccc2c(c1)OCO2)C(=O)COC(=O)Cn1c(C)csc1=O. The van der Waals surface area contributed by atoms with E-state index in [-0.39, 0.29) is 30.7 Å². The van der Waals surface area contributed by atoms with Gasteiger partial charge in [0.25, 0.3) is 5.91 Å². The number of nitrogens with zero attached hydrogens (tertiary/aromatic N) is 2. The van der Waals surface area contributed by atoms with Crippen LogP contribution in [0.15, 0.2) is 28.4 Å². The zero-order chi connectivity index (χ0) is 19.4. The lowest BCUT2D eigenvalue weighted by molar-refractivity contribution is -0.152. The van der Waals surface area contributed by atoms with Crippen LogP contribution in [0.2, 0.25) is 0 Å². The summed E-state index contributed by atoms with van der Waals surface area (Å²) in [6.07, 6.45) is 0. The Balaban J connectivity index is 1.54. The molecule has 144 valence electrons. The first-order chi connectivity index (χ1) is 13.0. The van der Waals surface area contributed by atoms with Crippen LogP contribution in [0.3, 0.4) is 0 Å². The first-order valence-corrected chi connectivity index (χ1v) is 9.32. The number of amides is 1. The lowest BCUT2D eigenvalue weighted by Gasteiger charge is -2.21. The second-order valence-corrected chi connectivity index (χ2v) is 6.81. The summed E-state index contributed by atoms with van der Waals surface area (Å²) in [5.74, 6) is 0.406. The molecule has 0 spiro atoms. The molecule has 1 amide bonds. The highest BCUT2D eigenvalue weighted by atomic mass is 32.1. The van der Waals surface area contributed by atoms with E-state index in [1.807, 2.05) is 19.1 Å². The normalized spacial score (nSPS) is 12.1. The van der Waals surface area contributed by atoms with Crippen molar-refractivity contribution in [3.05, 3.63) is 44.5 Å². The van der Waals surface area contributed by atoms with E-state index in [1.54, 1.807) is 23.3 Å². The fourth-order valence-corrected chi connectivity index (χ4v) is 3.37. The van der Waals surface area contributed by atoms with Crippen LogP contribution < -0.4 is 14.3 Å². The Labute approximate surface area is 159 Å². The quantitative estimate of drug-likeness (QED) is 0.665. The van der Waals surface area contributed by atoms with Gasteiger partial charge in [-0.1, -0.05) is 17.4 Å². The summed E-state index contributed by atoms with van der Waals surface area (Å²) in [6.45, 7) is 4.05. The third kappa shape index (κ3) is 4.48. The summed E-state index contributed by atoms with van der Waals surface area (Å²) < 4.78 is 17.0. The maximum atomic E-state index is 12.4. The van der Waals surface area contributed by atoms with Crippen LogP contribution in [0.25, 0.3) is 0 Å². The number of benzene rings is 1. The van der Waals surface area contributed by atoms with Gasteiger partial charge in [0.05, 0.1) is 0 Å². The second kappa shape index (κ2) is 8.26. The Hall–Kier alpha value is -2.81. The molecule has 8 nitrogen and oxygen atoms in total. The van der Waals surface area contributed by atoms with Crippen molar-refractivity contribution in [1.82, 2.24) is 9.47 Å². The topological polar surface area (TPSA) is 87.1 Å². The standard InChI is InChI=1S/C18H20N2O6S/c1-3-19(7-13-4-5-14-15(6-13)26-11-25-14)16(21)9-24-17(22)8-20-12(2)10-27-18(20)23/h4-6,10H,3,7-9,11H2,1-2H3. The smallest absolute Gasteiger partial charge is 0.326 e. The van der Waals surface area contributed by atoms with Gasteiger partial charge in [-0.25, -0.2) is 0 Å². The molecule has 0 aliphatic carbocycles. The van der Waals surface area contributed by atoms with Gasteiger partial charge in [-0.15, -0.1) is 0 Å². The molecule has 1 aromatic heterocycles. The Kier molecular flexibility index (Phi) is 5.80. The number of rotatable bonds is 7. The molecule has 1 aliphatic heterocycles. The molecule has 0 saturated heterocycles. The monoisotopic (exact) mass is 392 g/mol. The Morgan fingerprint density at radius 2 is 2.07 bits per heavy atom. The molecule has 2 heterocycles. The van der Waals surface area contributed by atoms with E-state index >= 15 is 0 Å². The number of carbonyl (C=O) groups excluding carboxylic acids is 2. The summed E-state index contributed by atoms with van der Waals surface area (Å²) in [5.41, 5.74) is 1.58. The van der Waals surface area contributed by atoms with Crippen molar-refractivity contribution in [1.29, 1.82) is 0 Å². The predicted octanol–water partition coefficient (Wildman–Crippen LogP) is 1.54. The summed E-state index contributed by atoms with van der Waals surface area (Å²) >= 11 is 1.02. The van der Waals surface area contributed by atoms with E-state index in [0.29, 0.717) is 30.3 Å². The van der Waals surface area contributed by atoms with E-state index in [9.17, 15) is 14.4 Å². The fourth-order valence-electron chi connectivity index (χ4n) is 2.64. The highest BCUT2D eigenvalue weighted by Crippen LogP contribution is 2.32. The van der Waals surface area contributed by atoms with Gasteiger partial charge in [-0.2, -0.15) is 0 Å². The van der Waals surface area contributed by atoms with Crippen LogP contribution in [0.4, 0.5) is 0 Å². The highest BCUT2D eigenvalue weighted by Gasteiger charge is 2.18. The molecule has 1 aliphatic rings. The van der Waals surface area contributed by atoms with Crippen molar-refractivity contribution in [2.45, 2.75) is 26.9 Å². The van der Waals surface area contributed by atoms with Crippen molar-refractivity contribution >= 4 is 23.2 Å². The molecule has 0 N–H and O–H groups in total. The van der Waals surface area contributed by atoms with E-state index < -0.39 is 5.97 Å². The van der Waals surface area contributed by atoms with E-state index in [4.69, 9.17) is 14.2 Å². The zero-order valence-corrected chi connectivity index (χ0v) is 15.9. The summed E-state index contributed by atoms with van der Waals surface area (Å²) in [6, 6.07) is 5.49. The Morgan fingerprint density at radius 1 is 1.30 bits per heavy atom. The lowest BCUT2D eigenvalue weighted by Crippen LogP contribution is -2.34. The number of hydrogen-bond acceptors (Lipinski definition) is 7. The van der Waals surface area contributed by atoms with Crippen molar-refractivity contribution in [2.75, 3.05) is 19.9 Å². The molecule has 9 heteroatoms. The molecule has 0 bridgehead atoms. The van der Waals surface area contributed by atoms with Crippen molar-refractivity contribution < 1.29 is 23.8 Å². The average molecular weight is 392 g/mol. The number of likely N-dealkylation sites (N-methyl/N-ethyl adjacent to an activating group) is 1. The van der Waals surface area contributed by atoms with Crippen molar-refractivity contribution in [3.8, 4) is 11.5 Å². The summed E-state index contributed by atoms with van der Waals surface area (Å²) in [7, 11) is 0. The molecule has 2 aromatic rings. The van der Waals surface area contributed by atoms with Gasteiger partial charge in [-0.05, 0) is 31.5 Å². The third-order valence-corrected chi connectivity index (χ3v) is 5.05. The number of hydrogen-bond donors (Lipinski definition) is 0. The molecule has 0 radical (unpaired) electrons. The maximum Gasteiger partial charge on any atom is 0.326 e. The predicted molar refractivity (Wildman–Crippen MR) is 97.9 cm³/mol. The first-order valence-electron chi connectivity index (χ1n) is 8.44. The molecule has 1 aromatic carbocycles. The van der Waals surface area contributed by atoms with Gasteiger partial charge in [0, 0.05) is 24.2 Å². The maximum absolute atomic E-state index is 12.4. The number of aromatic nitrogens is 1. The third-order valence-electron chi connectivity index (χ3n) is 4.17. The van der Waals surface area contributed by atoms with E-state index in [1.165, 1.54) is 4.57 Å². The Morgan fingerprint density at radius 3 is 2.78 bits per heavy atom. The molecule has 0 atom stereocenters. The average Bonchev–Trinajstić information content (AvgIpc) is 3.25. The van der Waals surface area contributed by atoms with Gasteiger partial charge in [0.2, 0.25) is 6.79 Å². The van der Waals surface area contributed by atoms with Crippen LogP contribution in [-0.2, 0) is 27.4 Å². The van der Waals surface area contributed by atoms with Crippen LogP contribution >= 0.6 is 11.3 Å². The van der Waals surface area contributed by atoms with Crippen molar-refractivity contribution in [3.63, 3.8) is 0 Å². The van der Waals surface area contributed by atoms with Gasteiger partial charge in [0.1, 0.15) is 6.54 Å². The van der Waals surface area contributed by atoms with Crippen LogP contribution in [0.1, 0.15) is 18.2 Å². The second-order valence-electron chi connectivity index (χ2n) is 5.99. The molecule has 3 rings (SSSR count). The largest absolute Gasteiger partial charge is 0.454 e. The van der Waals surface area contributed by atoms with Crippen molar-refractivity contribution in [2.24, 2.45) is 0 Å². The fraction of sp³-hybridized carbons (Fsp3) is 0.389. The van der Waals surface area contributed by atoms with E-state index in [0.717, 1.165) is 16.9 Å². The number of fused-ring (bicyclic) bond motifs is 1.